The highest BCUT2D eigenvalue weighted by Crippen LogP contribution is 2.37. The van der Waals surface area contributed by atoms with E-state index in [1.54, 1.807) is 18.2 Å². The minimum Gasteiger partial charge on any atom is -0.550 e. The van der Waals surface area contributed by atoms with Gasteiger partial charge in [-0.1, -0.05) is 12.1 Å². The number of carbonyl (C=O) groups is 1. The second-order valence-corrected chi connectivity index (χ2v) is 6.68. The van der Waals surface area contributed by atoms with Crippen LogP contribution in [0.15, 0.2) is 36.4 Å². The van der Waals surface area contributed by atoms with Crippen molar-refractivity contribution in [1.29, 1.82) is 0 Å². The predicted molar refractivity (Wildman–Crippen MR) is 103 cm³/mol. The Balaban J connectivity index is 2.14. The molecule has 0 saturated heterocycles. The van der Waals surface area contributed by atoms with Gasteiger partial charge in [-0.2, -0.15) is 0 Å². The van der Waals surface area contributed by atoms with Gasteiger partial charge in [0.25, 0.3) is 0 Å². The Morgan fingerprint density at radius 1 is 1.07 bits per heavy atom. The molecule has 3 rings (SSSR count). The number of rotatable bonds is 7. The lowest BCUT2D eigenvalue weighted by Gasteiger charge is -2.13. The summed E-state index contributed by atoms with van der Waals surface area (Å²) in [6, 6.07) is 11.1. The van der Waals surface area contributed by atoms with Gasteiger partial charge in [-0.3, -0.25) is 0 Å². The average Bonchev–Trinajstić information content (AvgIpc) is 3.10. The van der Waals surface area contributed by atoms with E-state index in [-0.39, 0.29) is 6.42 Å². The van der Waals surface area contributed by atoms with Crippen molar-refractivity contribution in [3.8, 4) is 17.2 Å². The number of carboxylic acid groups (broad SMARTS) is 1. The molecule has 140 valence electrons. The van der Waals surface area contributed by atoms with Crippen LogP contribution < -0.4 is 19.3 Å². The maximum absolute atomic E-state index is 11.3. The molecule has 0 aliphatic rings. The van der Waals surface area contributed by atoms with E-state index in [0.29, 0.717) is 33.4 Å². The second-order valence-electron chi connectivity index (χ2n) is 5.65. The highest BCUT2D eigenvalue weighted by Gasteiger charge is 2.14. The monoisotopic (exact) mass is 384 g/mol. The standard InChI is InChI=1S/C20H19NO5S/c1-24-15-11-17(26-3)16(25-2)9-12(15)8-13(10-19(22)23)20-21-14-6-4-5-7-18(14)27-20/h4-9,11H,10H2,1-3H3,(H,22,23)/p-1/b13-8+. The van der Waals surface area contributed by atoms with Crippen molar-refractivity contribution in [2.24, 2.45) is 0 Å². The van der Waals surface area contributed by atoms with Crippen LogP contribution in [0, 0.1) is 0 Å². The van der Waals surface area contributed by atoms with Gasteiger partial charge in [0.15, 0.2) is 11.5 Å². The Morgan fingerprint density at radius 2 is 1.74 bits per heavy atom. The van der Waals surface area contributed by atoms with Crippen LogP contribution in [-0.4, -0.2) is 32.3 Å². The number of aliphatic carboxylic acids is 1. The zero-order chi connectivity index (χ0) is 19.4. The van der Waals surface area contributed by atoms with E-state index < -0.39 is 5.97 Å². The SMILES string of the molecule is COc1cc(OC)c(OC)cc1/C=C(\CC(=O)[O-])c1nc2ccccc2s1. The Morgan fingerprint density at radius 3 is 2.37 bits per heavy atom. The van der Waals surface area contributed by atoms with Crippen LogP contribution in [0.3, 0.4) is 0 Å². The van der Waals surface area contributed by atoms with Crippen LogP contribution in [-0.2, 0) is 4.79 Å². The number of carboxylic acids is 1. The normalized spacial score (nSPS) is 11.4. The Kier molecular flexibility index (Phi) is 5.61. The molecule has 0 amide bonds. The van der Waals surface area contributed by atoms with Gasteiger partial charge >= 0.3 is 0 Å². The average molecular weight is 384 g/mol. The van der Waals surface area contributed by atoms with Gasteiger partial charge in [0, 0.05) is 24.0 Å². The first-order chi connectivity index (χ1) is 13.0. The van der Waals surface area contributed by atoms with Crippen molar-refractivity contribution in [3.63, 3.8) is 0 Å². The van der Waals surface area contributed by atoms with Crippen LogP contribution in [0.2, 0.25) is 0 Å². The number of fused-ring (bicyclic) bond motifs is 1. The fourth-order valence-electron chi connectivity index (χ4n) is 2.71. The molecule has 0 saturated carbocycles. The number of hydrogen-bond donors (Lipinski definition) is 0. The lowest BCUT2D eigenvalue weighted by atomic mass is 10.1. The summed E-state index contributed by atoms with van der Waals surface area (Å²) in [4.78, 5) is 15.9. The minimum atomic E-state index is -1.18. The van der Waals surface area contributed by atoms with E-state index in [0.717, 1.165) is 10.2 Å². The first-order valence-electron chi connectivity index (χ1n) is 8.12. The summed E-state index contributed by atoms with van der Waals surface area (Å²) in [6.45, 7) is 0. The summed E-state index contributed by atoms with van der Waals surface area (Å²) in [7, 11) is 4.61. The quantitative estimate of drug-likeness (QED) is 0.623. The highest BCUT2D eigenvalue weighted by atomic mass is 32.1. The zero-order valence-corrected chi connectivity index (χ0v) is 16.0. The molecule has 0 bridgehead atoms. The smallest absolute Gasteiger partial charge is 0.164 e. The second kappa shape index (κ2) is 8.09. The maximum atomic E-state index is 11.3. The third-order valence-electron chi connectivity index (χ3n) is 3.97. The molecule has 2 aromatic carbocycles. The largest absolute Gasteiger partial charge is 0.550 e. The lowest BCUT2D eigenvalue weighted by molar-refractivity contribution is -0.304. The van der Waals surface area contributed by atoms with Crippen LogP contribution >= 0.6 is 11.3 Å². The first-order valence-corrected chi connectivity index (χ1v) is 8.93. The minimum absolute atomic E-state index is 0.267. The van der Waals surface area contributed by atoms with E-state index in [1.807, 2.05) is 24.3 Å². The molecule has 0 N–H and O–H groups in total. The van der Waals surface area contributed by atoms with Crippen LogP contribution in [0.25, 0.3) is 21.9 Å². The third-order valence-corrected chi connectivity index (χ3v) is 5.08. The molecule has 0 fully saturated rings. The lowest BCUT2D eigenvalue weighted by Crippen LogP contribution is -2.22. The number of methoxy groups -OCH3 is 3. The molecule has 0 spiro atoms. The van der Waals surface area contributed by atoms with Crippen LogP contribution in [0.5, 0.6) is 17.2 Å². The molecule has 0 atom stereocenters. The van der Waals surface area contributed by atoms with Crippen molar-refractivity contribution < 1.29 is 24.1 Å². The molecular formula is C20H18NO5S-. The van der Waals surface area contributed by atoms with E-state index >= 15 is 0 Å². The summed E-state index contributed by atoms with van der Waals surface area (Å²) in [5, 5.41) is 11.9. The molecule has 6 nitrogen and oxygen atoms in total. The highest BCUT2D eigenvalue weighted by molar-refractivity contribution is 7.19. The van der Waals surface area contributed by atoms with Crippen LogP contribution in [0.1, 0.15) is 17.0 Å². The van der Waals surface area contributed by atoms with E-state index in [1.165, 1.54) is 32.7 Å². The van der Waals surface area contributed by atoms with Crippen molar-refractivity contribution >= 4 is 39.2 Å². The number of aromatic nitrogens is 1. The number of para-hydroxylation sites is 1. The third kappa shape index (κ3) is 4.03. The summed E-state index contributed by atoms with van der Waals surface area (Å²) in [5.41, 5.74) is 2.01. The van der Waals surface area contributed by atoms with Crippen LogP contribution in [0.4, 0.5) is 0 Å². The van der Waals surface area contributed by atoms with Crippen molar-refractivity contribution in [2.45, 2.75) is 6.42 Å². The fraction of sp³-hybridized carbons (Fsp3) is 0.200. The molecule has 1 heterocycles. The van der Waals surface area contributed by atoms with E-state index in [9.17, 15) is 9.90 Å². The molecular weight excluding hydrogens is 366 g/mol. The maximum Gasteiger partial charge on any atom is 0.164 e. The Bertz CT molecular complexity index is 976. The van der Waals surface area contributed by atoms with Gasteiger partial charge in [0.2, 0.25) is 0 Å². The summed E-state index contributed by atoms with van der Waals surface area (Å²) in [5.74, 6) is 0.388. The Labute approximate surface area is 160 Å². The van der Waals surface area contributed by atoms with Gasteiger partial charge in [-0.25, -0.2) is 4.98 Å². The first kappa shape index (κ1) is 18.7. The number of hydrogen-bond acceptors (Lipinski definition) is 7. The van der Waals surface area contributed by atoms with Gasteiger partial charge in [-0.15, -0.1) is 11.3 Å². The number of nitrogens with zero attached hydrogens (tertiary/aromatic N) is 1. The molecule has 0 radical (unpaired) electrons. The summed E-state index contributed by atoms with van der Waals surface area (Å²) < 4.78 is 17.0. The van der Waals surface area contributed by atoms with Gasteiger partial charge in [-0.05, 0) is 29.8 Å². The molecule has 0 aliphatic heterocycles. The fourth-order valence-corrected chi connectivity index (χ4v) is 3.69. The van der Waals surface area contributed by atoms with Crippen molar-refractivity contribution in [1.82, 2.24) is 4.98 Å². The van der Waals surface area contributed by atoms with Gasteiger partial charge < -0.3 is 24.1 Å². The van der Waals surface area contributed by atoms with Gasteiger partial charge in [0.1, 0.15) is 10.8 Å². The zero-order valence-electron chi connectivity index (χ0n) is 15.1. The number of carbonyl (C=O) groups excluding carboxylic acids is 1. The van der Waals surface area contributed by atoms with E-state index in [4.69, 9.17) is 14.2 Å². The predicted octanol–water partition coefficient (Wildman–Crippen LogP) is 3.00. The summed E-state index contributed by atoms with van der Waals surface area (Å²) >= 11 is 1.43. The topological polar surface area (TPSA) is 80.7 Å². The molecule has 3 aromatic rings. The number of benzene rings is 2. The molecule has 0 unspecified atom stereocenters. The number of ether oxygens (including phenoxy) is 3. The van der Waals surface area contributed by atoms with Crippen molar-refractivity contribution in [3.05, 3.63) is 47.0 Å². The van der Waals surface area contributed by atoms with Crippen molar-refractivity contribution in [2.75, 3.05) is 21.3 Å². The number of thiazole rings is 1. The molecule has 0 aliphatic carbocycles. The Hall–Kier alpha value is -3.06. The molecule has 27 heavy (non-hydrogen) atoms. The van der Waals surface area contributed by atoms with E-state index in [2.05, 4.69) is 4.98 Å². The summed E-state index contributed by atoms with van der Waals surface area (Å²) in [6.07, 6.45) is 1.46. The molecule has 7 heteroatoms. The van der Waals surface area contributed by atoms with Gasteiger partial charge in [0.05, 0.1) is 31.5 Å². The molecule has 1 aromatic heterocycles.